The molecule has 0 fully saturated rings. The van der Waals surface area contributed by atoms with E-state index in [1.165, 1.54) is 22.3 Å². The van der Waals surface area contributed by atoms with E-state index in [0.717, 1.165) is 16.7 Å². The normalized spacial score (nSPS) is 10.4. The molecule has 0 saturated carbocycles. The van der Waals surface area contributed by atoms with E-state index in [0.29, 0.717) is 0 Å². The van der Waals surface area contributed by atoms with Gasteiger partial charge in [0.05, 0.1) is 0 Å². The first-order valence-corrected chi connectivity index (χ1v) is 6.92. The van der Waals surface area contributed by atoms with E-state index >= 15 is 0 Å². The third kappa shape index (κ3) is 2.94. The highest BCUT2D eigenvalue weighted by Gasteiger charge is 2.01. The summed E-state index contributed by atoms with van der Waals surface area (Å²) in [5.74, 6) is 0. The number of aryl methyl sites for hydroxylation is 2. The zero-order valence-electron chi connectivity index (χ0n) is 11.0. The predicted molar refractivity (Wildman–Crippen MR) is 82.1 cm³/mol. The molecule has 2 heteroatoms. The van der Waals surface area contributed by atoms with Gasteiger partial charge in [0.1, 0.15) is 0 Å². The van der Waals surface area contributed by atoms with Crippen LogP contribution >= 0.6 is 15.9 Å². The van der Waals surface area contributed by atoms with Crippen molar-refractivity contribution in [2.24, 2.45) is 0 Å². The highest BCUT2D eigenvalue weighted by Crippen LogP contribution is 2.21. The zero-order chi connectivity index (χ0) is 13.1. The predicted octanol–water partition coefficient (Wildman–Crippen LogP) is 4.99. The minimum Gasteiger partial charge on any atom is -0.381 e. The lowest BCUT2D eigenvalue weighted by Gasteiger charge is -2.11. The van der Waals surface area contributed by atoms with E-state index in [4.69, 9.17) is 0 Å². The number of anilines is 1. The van der Waals surface area contributed by atoms with Crippen molar-refractivity contribution in [3.05, 3.63) is 63.1 Å². The average molecular weight is 304 g/mol. The highest BCUT2D eigenvalue weighted by atomic mass is 79.9. The van der Waals surface area contributed by atoms with E-state index in [1.807, 2.05) is 0 Å². The minimum absolute atomic E-state index is 0.864. The fraction of sp³-hybridized carbons (Fsp3) is 0.250. The second kappa shape index (κ2) is 5.57. The number of hydrogen-bond donors (Lipinski definition) is 1. The Morgan fingerprint density at radius 3 is 2.50 bits per heavy atom. The van der Waals surface area contributed by atoms with Crippen LogP contribution in [0.15, 0.2) is 40.9 Å². The molecule has 18 heavy (non-hydrogen) atoms. The molecule has 0 atom stereocenters. The number of benzene rings is 2. The fourth-order valence-electron chi connectivity index (χ4n) is 1.90. The standard InChI is InChI=1S/C16H18BrN/c1-11-5-4-6-14(13(11)3)10-18-15-8-7-12(2)16(17)9-15/h4-9,18H,10H2,1-3H3. The summed E-state index contributed by atoms with van der Waals surface area (Å²) in [5.41, 5.74) is 6.47. The molecule has 0 heterocycles. The van der Waals surface area contributed by atoms with E-state index in [2.05, 4.69) is 78.4 Å². The summed E-state index contributed by atoms with van der Waals surface area (Å²) < 4.78 is 1.15. The lowest BCUT2D eigenvalue weighted by molar-refractivity contribution is 1.10. The molecule has 2 aromatic carbocycles. The Labute approximate surface area is 117 Å². The van der Waals surface area contributed by atoms with Crippen molar-refractivity contribution in [2.45, 2.75) is 27.3 Å². The smallest absolute Gasteiger partial charge is 0.0403 e. The van der Waals surface area contributed by atoms with Gasteiger partial charge in [-0.1, -0.05) is 40.2 Å². The van der Waals surface area contributed by atoms with Crippen LogP contribution in [0.5, 0.6) is 0 Å². The molecule has 0 aliphatic carbocycles. The maximum absolute atomic E-state index is 3.56. The molecule has 0 amide bonds. The van der Waals surface area contributed by atoms with Crippen molar-refractivity contribution in [1.82, 2.24) is 0 Å². The van der Waals surface area contributed by atoms with E-state index < -0.39 is 0 Å². The molecule has 94 valence electrons. The van der Waals surface area contributed by atoms with Crippen molar-refractivity contribution in [2.75, 3.05) is 5.32 Å². The Bertz CT molecular complexity index is 561. The third-order valence-corrected chi connectivity index (χ3v) is 4.23. The number of rotatable bonds is 3. The minimum atomic E-state index is 0.864. The van der Waals surface area contributed by atoms with Gasteiger partial charge in [-0.2, -0.15) is 0 Å². The zero-order valence-corrected chi connectivity index (χ0v) is 12.6. The third-order valence-electron chi connectivity index (χ3n) is 3.37. The van der Waals surface area contributed by atoms with Gasteiger partial charge in [-0.05, 0) is 55.2 Å². The van der Waals surface area contributed by atoms with Crippen LogP contribution in [0.4, 0.5) is 5.69 Å². The number of nitrogens with one attached hydrogen (secondary N) is 1. The van der Waals surface area contributed by atoms with Crippen LogP contribution < -0.4 is 5.32 Å². The van der Waals surface area contributed by atoms with Gasteiger partial charge >= 0.3 is 0 Å². The Morgan fingerprint density at radius 1 is 1.00 bits per heavy atom. The van der Waals surface area contributed by atoms with Crippen LogP contribution in [0.3, 0.4) is 0 Å². The first-order chi connectivity index (χ1) is 8.58. The summed E-state index contributed by atoms with van der Waals surface area (Å²) in [4.78, 5) is 0. The van der Waals surface area contributed by atoms with Gasteiger partial charge in [0, 0.05) is 16.7 Å². The Hall–Kier alpha value is -1.28. The summed E-state index contributed by atoms with van der Waals surface area (Å²) in [5, 5.41) is 3.47. The highest BCUT2D eigenvalue weighted by molar-refractivity contribution is 9.10. The molecule has 2 aromatic rings. The maximum Gasteiger partial charge on any atom is 0.0403 e. The average Bonchev–Trinajstić information content (AvgIpc) is 2.35. The first-order valence-electron chi connectivity index (χ1n) is 6.13. The lowest BCUT2D eigenvalue weighted by atomic mass is 10.0. The van der Waals surface area contributed by atoms with E-state index in [1.54, 1.807) is 0 Å². The molecule has 0 aliphatic rings. The van der Waals surface area contributed by atoms with Crippen LogP contribution in [0, 0.1) is 20.8 Å². The Balaban J connectivity index is 2.11. The van der Waals surface area contributed by atoms with Crippen molar-refractivity contribution >= 4 is 21.6 Å². The Kier molecular flexibility index (Phi) is 4.07. The van der Waals surface area contributed by atoms with Crippen LogP contribution in [-0.2, 0) is 6.54 Å². The molecule has 0 saturated heterocycles. The molecule has 1 nitrogen and oxygen atoms in total. The summed E-state index contributed by atoms with van der Waals surface area (Å²) in [7, 11) is 0. The lowest BCUT2D eigenvalue weighted by Crippen LogP contribution is -2.02. The van der Waals surface area contributed by atoms with Gasteiger partial charge < -0.3 is 5.32 Å². The molecular weight excluding hydrogens is 286 g/mol. The fourth-order valence-corrected chi connectivity index (χ4v) is 2.28. The van der Waals surface area contributed by atoms with Gasteiger partial charge in [0.25, 0.3) is 0 Å². The molecule has 0 bridgehead atoms. The van der Waals surface area contributed by atoms with Crippen LogP contribution in [0.1, 0.15) is 22.3 Å². The summed E-state index contributed by atoms with van der Waals surface area (Å²) in [6.45, 7) is 7.29. The van der Waals surface area contributed by atoms with Crippen molar-refractivity contribution < 1.29 is 0 Å². The summed E-state index contributed by atoms with van der Waals surface area (Å²) in [6, 6.07) is 12.8. The monoisotopic (exact) mass is 303 g/mol. The molecule has 1 N–H and O–H groups in total. The topological polar surface area (TPSA) is 12.0 Å². The van der Waals surface area contributed by atoms with Crippen LogP contribution in [0.25, 0.3) is 0 Å². The van der Waals surface area contributed by atoms with Crippen LogP contribution in [0.2, 0.25) is 0 Å². The van der Waals surface area contributed by atoms with Gasteiger partial charge in [-0.15, -0.1) is 0 Å². The van der Waals surface area contributed by atoms with Crippen molar-refractivity contribution in [1.29, 1.82) is 0 Å². The van der Waals surface area contributed by atoms with Crippen LogP contribution in [-0.4, -0.2) is 0 Å². The largest absolute Gasteiger partial charge is 0.381 e. The quantitative estimate of drug-likeness (QED) is 0.842. The SMILES string of the molecule is Cc1ccc(NCc2cccc(C)c2C)cc1Br. The van der Waals surface area contributed by atoms with Crippen molar-refractivity contribution in [3.63, 3.8) is 0 Å². The summed E-state index contributed by atoms with van der Waals surface area (Å²) >= 11 is 3.56. The van der Waals surface area contributed by atoms with Crippen molar-refractivity contribution in [3.8, 4) is 0 Å². The molecule has 0 unspecified atom stereocenters. The molecular formula is C16H18BrN. The molecule has 2 rings (SSSR count). The number of hydrogen-bond acceptors (Lipinski definition) is 1. The molecule has 0 aliphatic heterocycles. The molecule has 0 spiro atoms. The summed E-state index contributed by atoms with van der Waals surface area (Å²) in [6.07, 6.45) is 0. The maximum atomic E-state index is 3.56. The molecule has 0 aromatic heterocycles. The van der Waals surface area contributed by atoms with Gasteiger partial charge in [0.15, 0.2) is 0 Å². The van der Waals surface area contributed by atoms with Gasteiger partial charge in [0.2, 0.25) is 0 Å². The Morgan fingerprint density at radius 2 is 1.78 bits per heavy atom. The molecule has 0 radical (unpaired) electrons. The van der Waals surface area contributed by atoms with E-state index in [9.17, 15) is 0 Å². The second-order valence-electron chi connectivity index (χ2n) is 4.68. The first kappa shape index (κ1) is 13.2. The van der Waals surface area contributed by atoms with Gasteiger partial charge in [-0.3, -0.25) is 0 Å². The number of halogens is 1. The van der Waals surface area contributed by atoms with Gasteiger partial charge in [-0.25, -0.2) is 0 Å². The second-order valence-corrected chi connectivity index (χ2v) is 5.53. The van der Waals surface area contributed by atoms with E-state index in [-0.39, 0.29) is 0 Å².